The van der Waals surface area contributed by atoms with Gasteiger partial charge in [0.05, 0.1) is 29.4 Å². The first kappa shape index (κ1) is 19.3. The van der Waals surface area contributed by atoms with Crippen LogP contribution in [0, 0.1) is 0 Å². The number of para-hydroxylation sites is 2. The summed E-state index contributed by atoms with van der Waals surface area (Å²) in [5.74, 6) is -0.492. The van der Waals surface area contributed by atoms with Crippen LogP contribution < -0.4 is 4.74 Å². The Morgan fingerprint density at radius 2 is 1.63 bits per heavy atom. The summed E-state index contributed by atoms with van der Waals surface area (Å²) >= 11 is 0. The monoisotopic (exact) mass is 398 g/mol. The number of hydrogen-bond donors (Lipinski definition) is 0. The summed E-state index contributed by atoms with van der Waals surface area (Å²) < 4.78 is 10.6. The van der Waals surface area contributed by atoms with E-state index in [0.29, 0.717) is 33.5 Å². The Hall–Kier alpha value is -4.06. The van der Waals surface area contributed by atoms with Gasteiger partial charge in [-0.15, -0.1) is 0 Å². The quantitative estimate of drug-likeness (QED) is 0.355. The number of fused-ring (bicyclic) bond motifs is 1. The van der Waals surface area contributed by atoms with Gasteiger partial charge in [0.1, 0.15) is 5.75 Å². The van der Waals surface area contributed by atoms with Gasteiger partial charge in [-0.25, -0.2) is 9.78 Å². The van der Waals surface area contributed by atoms with E-state index in [4.69, 9.17) is 9.47 Å². The zero-order valence-electron chi connectivity index (χ0n) is 16.2. The molecule has 0 N–H and O–H groups in total. The van der Waals surface area contributed by atoms with Crippen LogP contribution in [0.3, 0.4) is 0 Å². The highest BCUT2D eigenvalue weighted by molar-refractivity contribution is 6.06. The van der Waals surface area contributed by atoms with Crippen molar-refractivity contribution in [3.05, 3.63) is 90.3 Å². The predicted octanol–water partition coefficient (Wildman–Crippen LogP) is 4.35. The molecule has 4 rings (SSSR count). The molecule has 4 aromatic rings. The third-order valence-corrected chi connectivity index (χ3v) is 4.65. The number of nitrogens with zero attached hydrogens (tertiary/aromatic N) is 2. The summed E-state index contributed by atoms with van der Waals surface area (Å²) in [5, 5.41) is 0.657. The van der Waals surface area contributed by atoms with E-state index in [1.54, 1.807) is 48.8 Å². The molecule has 0 aliphatic rings. The van der Waals surface area contributed by atoms with E-state index in [1.165, 1.54) is 7.11 Å². The first-order chi connectivity index (χ1) is 14.7. The third-order valence-electron chi connectivity index (χ3n) is 4.65. The molecular formula is C24H18N2O4. The van der Waals surface area contributed by atoms with E-state index in [1.807, 2.05) is 30.3 Å². The number of ketones is 1. The fourth-order valence-electron chi connectivity index (χ4n) is 3.18. The molecule has 0 saturated carbocycles. The molecule has 0 aliphatic heterocycles. The van der Waals surface area contributed by atoms with E-state index in [0.717, 1.165) is 5.56 Å². The molecule has 6 nitrogen and oxygen atoms in total. The molecule has 30 heavy (non-hydrogen) atoms. The van der Waals surface area contributed by atoms with Gasteiger partial charge in [-0.05, 0) is 36.4 Å². The molecule has 0 saturated heterocycles. The van der Waals surface area contributed by atoms with Crippen LogP contribution in [0.25, 0.3) is 22.2 Å². The summed E-state index contributed by atoms with van der Waals surface area (Å²) in [6, 6.07) is 19.4. The largest absolute Gasteiger partial charge is 0.496 e. The molecule has 0 unspecified atom stereocenters. The van der Waals surface area contributed by atoms with Gasteiger partial charge in [0, 0.05) is 23.3 Å². The number of Topliss-reactive ketones (excluding diaryl/α,β-unsaturated/α-hetero) is 1. The maximum Gasteiger partial charge on any atom is 0.339 e. The smallest absolute Gasteiger partial charge is 0.339 e. The highest BCUT2D eigenvalue weighted by atomic mass is 16.5. The first-order valence-corrected chi connectivity index (χ1v) is 9.31. The van der Waals surface area contributed by atoms with Crippen molar-refractivity contribution in [3.8, 4) is 17.0 Å². The van der Waals surface area contributed by atoms with Crippen molar-refractivity contribution in [3.63, 3.8) is 0 Å². The van der Waals surface area contributed by atoms with Crippen LogP contribution in [0.4, 0.5) is 0 Å². The second-order valence-corrected chi connectivity index (χ2v) is 6.51. The number of hydrogen-bond acceptors (Lipinski definition) is 6. The van der Waals surface area contributed by atoms with Crippen molar-refractivity contribution in [2.75, 3.05) is 13.7 Å². The molecule has 0 fully saturated rings. The molecule has 0 bridgehead atoms. The first-order valence-electron chi connectivity index (χ1n) is 9.31. The Morgan fingerprint density at radius 3 is 2.43 bits per heavy atom. The maximum absolute atomic E-state index is 12.9. The minimum atomic E-state index is -0.591. The summed E-state index contributed by atoms with van der Waals surface area (Å²) in [6.45, 7) is -0.388. The Morgan fingerprint density at radius 1 is 0.900 bits per heavy atom. The average Bonchev–Trinajstić information content (AvgIpc) is 2.82. The molecule has 0 radical (unpaired) electrons. The molecule has 0 spiro atoms. The van der Waals surface area contributed by atoms with Crippen LogP contribution >= 0.6 is 0 Å². The molecular weight excluding hydrogens is 380 g/mol. The highest BCUT2D eigenvalue weighted by Crippen LogP contribution is 2.25. The predicted molar refractivity (Wildman–Crippen MR) is 113 cm³/mol. The van der Waals surface area contributed by atoms with Crippen molar-refractivity contribution in [1.29, 1.82) is 0 Å². The Balaban J connectivity index is 1.63. The van der Waals surface area contributed by atoms with Gasteiger partial charge in [0.25, 0.3) is 0 Å². The third kappa shape index (κ3) is 3.89. The molecule has 0 atom stereocenters. The van der Waals surface area contributed by atoms with E-state index in [2.05, 4.69) is 9.97 Å². The highest BCUT2D eigenvalue weighted by Gasteiger charge is 2.18. The van der Waals surface area contributed by atoms with Crippen molar-refractivity contribution < 1.29 is 19.1 Å². The van der Waals surface area contributed by atoms with Gasteiger partial charge in [0.15, 0.2) is 6.61 Å². The maximum atomic E-state index is 12.9. The fourth-order valence-corrected chi connectivity index (χ4v) is 3.18. The van der Waals surface area contributed by atoms with Crippen LogP contribution in [0.2, 0.25) is 0 Å². The standard InChI is InChI=1S/C24H18N2O4/c1-29-23-9-5-3-7-18(23)22(27)15-30-24(28)19-14-21(16-10-12-25-13-11-16)26-20-8-4-2-6-17(19)20/h2-14H,15H2,1H3. The van der Waals surface area contributed by atoms with Crippen LogP contribution in [-0.4, -0.2) is 35.4 Å². The second kappa shape index (κ2) is 8.53. The molecule has 0 aliphatic carbocycles. The van der Waals surface area contributed by atoms with Gasteiger partial charge in [-0.1, -0.05) is 30.3 Å². The molecule has 6 heteroatoms. The number of aromatic nitrogens is 2. The summed E-state index contributed by atoms with van der Waals surface area (Å²) in [5.41, 5.74) is 2.83. The zero-order valence-corrected chi connectivity index (χ0v) is 16.2. The number of rotatable bonds is 6. The number of carbonyl (C=O) groups is 2. The number of ether oxygens (including phenoxy) is 2. The van der Waals surface area contributed by atoms with Crippen molar-refractivity contribution in [2.24, 2.45) is 0 Å². The van der Waals surface area contributed by atoms with Gasteiger partial charge in [-0.3, -0.25) is 9.78 Å². The SMILES string of the molecule is COc1ccccc1C(=O)COC(=O)c1cc(-c2ccncc2)nc2ccccc12. The summed E-state index contributed by atoms with van der Waals surface area (Å²) in [4.78, 5) is 34.1. The number of methoxy groups -OCH3 is 1. The van der Waals surface area contributed by atoms with Gasteiger partial charge in [-0.2, -0.15) is 0 Å². The van der Waals surface area contributed by atoms with Crippen molar-refractivity contribution in [1.82, 2.24) is 9.97 Å². The lowest BCUT2D eigenvalue weighted by Gasteiger charge is -2.11. The topological polar surface area (TPSA) is 78.4 Å². The second-order valence-electron chi connectivity index (χ2n) is 6.51. The minimum Gasteiger partial charge on any atom is -0.496 e. The van der Waals surface area contributed by atoms with Gasteiger partial charge in [0.2, 0.25) is 5.78 Å². The Labute approximate surface area is 173 Å². The number of benzene rings is 2. The van der Waals surface area contributed by atoms with E-state index in [9.17, 15) is 9.59 Å². The van der Waals surface area contributed by atoms with Gasteiger partial charge < -0.3 is 9.47 Å². The van der Waals surface area contributed by atoms with Gasteiger partial charge >= 0.3 is 5.97 Å². The van der Waals surface area contributed by atoms with Crippen molar-refractivity contribution in [2.45, 2.75) is 0 Å². The lowest BCUT2D eigenvalue weighted by atomic mass is 10.0. The number of esters is 1. The number of carbonyl (C=O) groups excluding carboxylic acids is 2. The van der Waals surface area contributed by atoms with E-state index < -0.39 is 5.97 Å². The van der Waals surface area contributed by atoms with Crippen LogP contribution in [-0.2, 0) is 4.74 Å². The minimum absolute atomic E-state index is 0.339. The molecule has 2 heterocycles. The Kier molecular flexibility index (Phi) is 5.48. The fraction of sp³-hybridized carbons (Fsp3) is 0.0833. The molecule has 2 aromatic carbocycles. The van der Waals surface area contributed by atoms with Crippen LogP contribution in [0.5, 0.6) is 5.75 Å². The lowest BCUT2D eigenvalue weighted by Crippen LogP contribution is -2.15. The van der Waals surface area contributed by atoms with E-state index in [-0.39, 0.29) is 12.4 Å². The van der Waals surface area contributed by atoms with Crippen LogP contribution in [0.1, 0.15) is 20.7 Å². The zero-order chi connectivity index (χ0) is 20.9. The lowest BCUT2D eigenvalue weighted by molar-refractivity contribution is 0.0476. The molecule has 0 amide bonds. The normalized spacial score (nSPS) is 10.6. The average molecular weight is 398 g/mol. The van der Waals surface area contributed by atoms with Crippen molar-refractivity contribution >= 4 is 22.7 Å². The summed E-state index contributed by atoms with van der Waals surface area (Å²) in [7, 11) is 1.49. The Bertz CT molecular complexity index is 1220. The van der Waals surface area contributed by atoms with Crippen LogP contribution in [0.15, 0.2) is 79.1 Å². The van der Waals surface area contributed by atoms with E-state index >= 15 is 0 Å². The summed E-state index contributed by atoms with van der Waals surface area (Å²) in [6.07, 6.45) is 3.33. The molecule has 148 valence electrons. The number of pyridine rings is 2. The molecule has 2 aromatic heterocycles.